The van der Waals surface area contributed by atoms with Crippen LogP contribution in [0.1, 0.15) is 27.7 Å². The van der Waals surface area contributed by atoms with Crippen LogP contribution in [0.25, 0.3) is 0 Å². The van der Waals surface area contributed by atoms with Gasteiger partial charge in [0.25, 0.3) is 0 Å². The number of rotatable bonds is 4. The van der Waals surface area contributed by atoms with Gasteiger partial charge in [0.05, 0.1) is 11.6 Å². The third kappa shape index (κ3) is 3.95. The summed E-state index contributed by atoms with van der Waals surface area (Å²) < 4.78 is 0. The van der Waals surface area contributed by atoms with E-state index in [-0.39, 0.29) is 0 Å². The van der Waals surface area contributed by atoms with E-state index in [9.17, 15) is 4.79 Å². The SMILES string of the molecule is CC(C)=NOC(C)C(C)C(=O)O. The molecule has 0 aromatic heterocycles. The lowest BCUT2D eigenvalue weighted by Gasteiger charge is -2.13. The second-order valence-electron chi connectivity index (χ2n) is 2.98. The van der Waals surface area contributed by atoms with Crippen LogP contribution in [0.3, 0.4) is 0 Å². The van der Waals surface area contributed by atoms with E-state index < -0.39 is 18.0 Å². The number of hydrogen-bond acceptors (Lipinski definition) is 3. The molecule has 0 saturated carbocycles. The summed E-state index contributed by atoms with van der Waals surface area (Å²) in [5, 5.41) is 12.3. The molecule has 0 heterocycles. The Morgan fingerprint density at radius 3 is 2.25 bits per heavy atom. The van der Waals surface area contributed by atoms with Gasteiger partial charge in [0, 0.05) is 0 Å². The van der Waals surface area contributed by atoms with Gasteiger partial charge in [0.15, 0.2) is 0 Å². The van der Waals surface area contributed by atoms with E-state index in [1.165, 1.54) is 0 Å². The number of carboxylic acid groups (broad SMARTS) is 1. The van der Waals surface area contributed by atoms with Crippen LogP contribution in [0, 0.1) is 5.92 Å². The van der Waals surface area contributed by atoms with Gasteiger partial charge in [-0.1, -0.05) is 5.16 Å². The summed E-state index contributed by atoms with van der Waals surface area (Å²) >= 11 is 0. The van der Waals surface area contributed by atoms with Crippen LogP contribution in [-0.2, 0) is 9.63 Å². The molecular weight excluding hydrogens is 158 g/mol. The molecule has 12 heavy (non-hydrogen) atoms. The van der Waals surface area contributed by atoms with Gasteiger partial charge >= 0.3 is 5.97 Å². The van der Waals surface area contributed by atoms with Crippen LogP contribution < -0.4 is 0 Å². The highest BCUT2D eigenvalue weighted by atomic mass is 16.6. The average molecular weight is 173 g/mol. The molecular formula is C8H15NO3. The molecule has 4 nitrogen and oxygen atoms in total. The quantitative estimate of drug-likeness (QED) is 0.517. The highest BCUT2D eigenvalue weighted by Gasteiger charge is 2.20. The number of carboxylic acids is 1. The molecule has 0 spiro atoms. The van der Waals surface area contributed by atoms with Crippen LogP contribution in [0.4, 0.5) is 0 Å². The third-order valence-corrected chi connectivity index (χ3v) is 1.50. The molecule has 0 saturated heterocycles. The molecule has 0 aliphatic heterocycles. The second-order valence-corrected chi connectivity index (χ2v) is 2.98. The standard InChI is InChI=1S/C8H15NO3/c1-5(2)9-12-7(4)6(3)8(10)11/h6-7H,1-4H3,(H,10,11). The molecule has 2 unspecified atom stereocenters. The van der Waals surface area contributed by atoms with Crippen molar-refractivity contribution in [2.45, 2.75) is 33.8 Å². The zero-order valence-corrected chi connectivity index (χ0v) is 7.87. The Bertz CT molecular complexity index is 185. The minimum absolute atomic E-state index is 0.391. The molecule has 2 atom stereocenters. The van der Waals surface area contributed by atoms with Gasteiger partial charge in [-0.25, -0.2) is 0 Å². The summed E-state index contributed by atoms with van der Waals surface area (Å²) in [6, 6.07) is 0. The maximum Gasteiger partial charge on any atom is 0.310 e. The van der Waals surface area contributed by atoms with E-state index in [0.717, 1.165) is 5.71 Å². The summed E-state index contributed by atoms with van der Waals surface area (Å²) in [5.41, 5.74) is 0.777. The van der Waals surface area contributed by atoms with Gasteiger partial charge in [-0.2, -0.15) is 0 Å². The van der Waals surface area contributed by atoms with E-state index in [1.807, 2.05) is 0 Å². The van der Waals surface area contributed by atoms with Crippen LogP contribution in [0.5, 0.6) is 0 Å². The fourth-order valence-corrected chi connectivity index (χ4v) is 0.481. The van der Waals surface area contributed by atoms with Crippen molar-refractivity contribution in [2.24, 2.45) is 11.1 Å². The van der Waals surface area contributed by atoms with Gasteiger partial charge in [-0.05, 0) is 27.7 Å². The van der Waals surface area contributed by atoms with E-state index in [1.54, 1.807) is 27.7 Å². The van der Waals surface area contributed by atoms with E-state index in [2.05, 4.69) is 5.16 Å². The zero-order chi connectivity index (χ0) is 9.72. The van der Waals surface area contributed by atoms with Gasteiger partial charge < -0.3 is 9.94 Å². The first-order valence-corrected chi connectivity index (χ1v) is 3.85. The predicted molar refractivity (Wildman–Crippen MR) is 46.1 cm³/mol. The normalized spacial score (nSPS) is 14.7. The molecule has 4 heteroatoms. The molecule has 0 fully saturated rings. The lowest BCUT2D eigenvalue weighted by molar-refractivity contribution is -0.146. The topological polar surface area (TPSA) is 58.9 Å². The molecule has 0 aliphatic carbocycles. The Balaban J connectivity index is 3.95. The van der Waals surface area contributed by atoms with Crippen molar-refractivity contribution in [1.82, 2.24) is 0 Å². The maximum atomic E-state index is 10.5. The summed E-state index contributed by atoms with van der Waals surface area (Å²) in [4.78, 5) is 15.4. The van der Waals surface area contributed by atoms with Gasteiger partial charge in [0.1, 0.15) is 6.10 Å². The van der Waals surface area contributed by atoms with Crippen molar-refractivity contribution in [3.8, 4) is 0 Å². The Kier molecular flexibility index (Phi) is 4.33. The summed E-state index contributed by atoms with van der Waals surface area (Å²) in [7, 11) is 0. The van der Waals surface area contributed by atoms with Crippen LogP contribution in [0.15, 0.2) is 5.16 Å². The number of aliphatic carboxylic acids is 1. The second kappa shape index (κ2) is 4.74. The Hall–Kier alpha value is -1.06. The van der Waals surface area contributed by atoms with Gasteiger partial charge in [-0.3, -0.25) is 4.79 Å². The Labute approximate surface area is 72.2 Å². The van der Waals surface area contributed by atoms with Crippen molar-refractivity contribution >= 4 is 11.7 Å². The third-order valence-electron chi connectivity index (χ3n) is 1.50. The monoisotopic (exact) mass is 173 g/mol. The largest absolute Gasteiger partial charge is 0.481 e. The first kappa shape index (κ1) is 10.9. The minimum atomic E-state index is -0.869. The molecule has 0 aliphatic rings. The first-order valence-electron chi connectivity index (χ1n) is 3.85. The van der Waals surface area contributed by atoms with E-state index in [0.29, 0.717) is 0 Å². The molecule has 0 radical (unpaired) electrons. The number of oxime groups is 1. The number of hydrogen-bond donors (Lipinski definition) is 1. The zero-order valence-electron chi connectivity index (χ0n) is 7.87. The Morgan fingerprint density at radius 2 is 1.92 bits per heavy atom. The van der Waals surface area contributed by atoms with Crippen molar-refractivity contribution in [3.63, 3.8) is 0 Å². The molecule has 0 aromatic carbocycles. The van der Waals surface area contributed by atoms with Crippen molar-refractivity contribution in [2.75, 3.05) is 0 Å². The molecule has 1 N–H and O–H groups in total. The van der Waals surface area contributed by atoms with E-state index >= 15 is 0 Å². The van der Waals surface area contributed by atoms with Gasteiger partial charge in [0.2, 0.25) is 0 Å². The lowest BCUT2D eigenvalue weighted by Crippen LogP contribution is -2.24. The minimum Gasteiger partial charge on any atom is -0.481 e. The van der Waals surface area contributed by atoms with Crippen LogP contribution in [0.2, 0.25) is 0 Å². The summed E-state index contributed by atoms with van der Waals surface area (Å²) in [6.45, 7) is 6.86. The van der Waals surface area contributed by atoms with E-state index in [4.69, 9.17) is 9.94 Å². The fraction of sp³-hybridized carbons (Fsp3) is 0.750. The van der Waals surface area contributed by atoms with Crippen LogP contribution >= 0.6 is 0 Å². The van der Waals surface area contributed by atoms with Gasteiger partial charge in [-0.15, -0.1) is 0 Å². The smallest absolute Gasteiger partial charge is 0.310 e. The fourth-order valence-electron chi connectivity index (χ4n) is 0.481. The van der Waals surface area contributed by atoms with Crippen LogP contribution in [-0.4, -0.2) is 22.9 Å². The Morgan fingerprint density at radius 1 is 1.42 bits per heavy atom. The molecule has 0 amide bonds. The summed E-state index contributed by atoms with van der Waals surface area (Å²) in [5.74, 6) is -1.40. The highest BCUT2D eigenvalue weighted by molar-refractivity contribution is 5.78. The maximum absolute atomic E-state index is 10.5. The van der Waals surface area contributed by atoms with Crippen molar-refractivity contribution < 1.29 is 14.7 Å². The number of nitrogens with zero attached hydrogens (tertiary/aromatic N) is 1. The summed E-state index contributed by atoms with van der Waals surface area (Å²) in [6.07, 6.45) is -0.391. The molecule has 70 valence electrons. The van der Waals surface area contributed by atoms with Crippen molar-refractivity contribution in [1.29, 1.82) is 0 Å². The van der Waals surface area contributed by atoms with Crippen molar-refractivity contribution in [3.05, 3.63) is 0 Å². The first-order chi connectivity index (χ1) is 5.45. The highest BCUT2D eigenvalue weighted by Crippen LogP contribution is 2.07. The molecule has 0 rings (SSSR count). The predicted octanol–water partition coefficient (Wildman–Crippen LogP) is 1.51. The number of carbonyl (C=O) groups is 1. The lowest BCUT2D eigenvalue weighted by atomic mass is 10.1. The molecule has 0 bridgehead atoms. The molecule has 0 aromatic rings. The average Bonchev–Trinajstić information content (AvgIpc) is 1.98.